The van der Waals surface area contributed by atoms with Gasteiger partial charge in [-0.2, -0.15) is 0 Å². The number of hydrogen-bond acceptors (Lipinski definition) is 5. The molecule has 1 saturated heterocycles. The van der Waals surface area contributed by atoms with Gasteiger partial charge in [0.25, 0.3) is 0 Å². The molecular weight excluding hydrogens is 334 g/mol. The standard InChI is InChI=1S/C20H27NO5/c22-19(26-16-4-2-1-3-5-16)13-21-10-8-20(23,9-11-21)15-6-7-17-18(12-15)25-14-24-17/h6-7,12,16,23H,1-5,8-11,13-14H2/p+1. The molecule has 1 aliphatic carbocycles. The lowest BCUT2D eigenvalue weighted by atomic mass is 9.84. The third-order valence-electron chi connectivity index (χ3n) is 5.94. The molecule has 1 saturated carbocycles. The monoisotopic (exact) mass is 362 g/mol. The lowest BCUT2D eigenvalue weighted by molar-refractivity contribution is -0.900. The second-order valence-electron chi connectivity index (χ2n) is 7.78. The Bertz CT molecular complexity index is 648. The van der Waals surface area contributed by atoms with Crippen LogP contribution in [0.2, 0.25) is 0 Å². The molecule has 0 amide bonds. The lowest BCUT2D eigenvalue weighted by Gasteiger charge is -2.36. The Morgan fingerprint density at radius 1 is 1.15 bits per heavy atom. The smallest absolute Gasteiger partial charge is 0.361 e. The molecule has 2 N–H and O–H groups in total. The average molecular weight is 362 g/mol. The van der Waals surface area contributed by atoms with Crippen molar-refractivity contribution >= 4 is 5.97 Å². The molecule has 0 spiro atoms. The van der Waals surface area contributed by atoms with Crippen LogP contribution in [0.4, 0.5) is 0 Å². The Labute approximate surface area is 154 Å². The van der Waals surface area contributed by atoms with Crippen LogP contribution < -0.4 is 14.4 Å². The van der Waals surface area contributed by atoms with E-state index in [4.69, 9.17) is 14.2 Å². The molecule has 0 bridgehead atoms. The van der Waals surface area contributed by atoms with E-state index in [1.807, 2.05) is 18.2 Å². The summed E-state index contributed by atoms with van der Waals surface area (Å²) in [6.07, 6.45) is 6.96. The summed E-state index contributed by atoms with van der Waals surface area (Å²) in [5.41, 5.74) is 0.00294. The fourth-order valence-electron chi connectivity index (χ4n) is 4.28. The van der Waals surface area contributed by atoms with Crippen LogP contribution in [0.15, 0.2) is 18.2 Å². The Morgan fingerprint density at radius 2 is 1.88 bits per heavy atom. The summed E-state index contributed by atoms with van der Waals surface area (Å²) in [6.45, 7) is 2.14. The predicted octanol–water partition coefficient (Wildman–Crippen LogP) is 1.16. The fourth-order valence-corrected chi connectivity index (χ4v) is 4.28. The van der Waals surface area contributed by atoms with E-state index < -0.39 is 5.60 Å². The molecule has 0 aromatic heterocycles. The van der Waals surface area contributed by atoms with Gasteiger partial charge < -0.3 is 24.2 Å². The molecule has 0 unspecified atom stereocenters. The zero-order valence-electron chi connectivity index (χ0n) is 15.2. The van der Waals surface area contributed by atoms with Crippen LogP contribution in [-0.4, -0.2) is 43.6 Å². The van der Waals surface area contributed by atoms with Crippen molar-refractivity contribution in [1.82, 2.24) is 0 Å². The van der Waals surface area contributed by atoms with E-state index in [1.54, 1.807) is 0 Å². The van der Waals surface area contributed by atoms with Gasteiger partial charge in [0.05, 0.1) is 13.1 Å². The Kier molecular flexibility index (Phi) is 5.05. The van der Waals surface area contributed by atoms with Gasteiger partial charge in [-0.1, -0.05) is 12.5 Å². The van der Waals surface area contributed by atoms with Crippen LogP contribution in [0.25, 0.3) is 0 Å². The van der Waals surface area contributed by atoms with Gasteiger partial charge in [-0.05, 0) is 43.4 Å². The van der Waals surface area contributed by atoms with Crippen molar-refractivity contribution in [3.63, 3.8) is 0 Å². The summed E-state index contributed by atoms with van der Waals surface area (Å²) in [6, 6.07) is 5.65. The normalized spacial score (nSPS) is 28.7. The van der Waals surface area contributed by atoms with Crippen molar-refractivity contribution in [2.24, 2.45) is 0 Å². The largest absolute Gasteiger partial charge is 0.458 e. The molecule has 1 aromatic rings. The van der Waals surface area contributed by atoms with E-state index in [2.05, 4.69) is 0 Å². The highest BCUT2D eigenvalue weighted by Gasteiger charge is 2.38. The molecule has 0 radical (unpaired) electrons. The number of rotatable bonds is 4. The van der Waals surface area contributed by atoms with Crippen LogP contribution in [0.3, 0.4) is 0 Å². The molecule has 2 fully saturated rings. The Morgan fingerprint density at radius 3 is 2.65 bits per heavy atom. The van der Waals surface area contributed by atoms with Gasteiger partial charge in [0.1, 0.15) is 11.7 Å². The number of carbonyl (C=O) groups is 1. The fraction of sp³-hybridized carbons (Fsp3) is 0.650. The summed E-state index contributed by atoms with van der Waals surface area (Å²) in [4.78, 5) is 13.4. The Hall–Kier alpha value is -1.79. The highest BCUT2D eigenvalue weighted by atomic mass is 16.7. The number of hydrogen-bond donors (Lipinski definition) is 2. The molecule has 2 heterocycles. The number of quaternary nitrogens is 1. The molecule has 6 heteroatoms. The lowest BCUT2D eigenvalue weighted by Crippen LogP contribution is -3.14. The maximum Gasteiger partial charge on any atom is 0.361 e. The molecular formula is C20H28NO5+. The molecule has 6 nitrogen and oxygen atoms in total. The van der Waals surface area contributed by atoms with Gasteiger partial charge in [-0.3, -0.25) is 0 Å². The molecule has 26 heavy (non-hydrogen) atoms. The molecule has 3 aliphatic rings. The predicted molar refractivity (Wildman–Crippen MR) is 94.2 cm³/mol. The van der Waals surface area contributed by atoms with E-state index in [9.17, 15) is 9.90 Å². The first-order chi connectivity index (χ1) is 12.6. The molecule has 2 aliphatic heterocycles. The van der Waals surface area contributed by atoms with Crippen LogP contribution >= 0.6 is 0 Å². The van der Waals surface area contributed by atoms with Crippen molar-refractivity contribution in [3.8, 4) is 11.5 Å². The average Bonchev–Trinajstić information content (AvgIpc) is 3.12. The van der Waals surface area contributed by atoms with E-state index in [-0.39, 0.29) is 18.9 Å². The van der Waals surface area contributed by atoms with Gasteiger partial charge in [0.15, 0.2) is 18.0 Å². The van der Waals surface area contributed by atoms with Gasteiger partial charge in [0, 0.05) is 12.8 Å². The minimum absolute atomic E-state index is 0.0968. The number of ether oxygens (including phenoxy) is 3. The number of piperidine rings is 1. The van der Waals surface area contributed by atoms with Crippen LogP contribution in [-0.2, 0) is 15.1 Å². The first kappa shape index (κ1) is 17.6. The molecule has 142 valence electrons. The first-order valence-corrected chi connectivity index (χ1v) is 9.78. The molecule has 4 rings (SSSR count). The minimum Gasteiger partial charge on any atom is -0.458 e. The summed E-state index contributed by atoms with van der Waals surface area (Å²) >= 11 is 0. The van der Waals surface area contributed by atoms with Crippen molar-refractivity contribution in [2.45, 2.75) is 56.7 Å². The second kappa shape index (κ2) is 7.45. The summed E-state index contributed by atoms with van der Waals surface area (Å²) < 4.78 is 16.4. The topological polar surface area (TPSA) is 69.4 Å². The highest BCUT2D eigenvalue weighted by molar-refractivity contribution is 5.70. The number of esters is 1. The molecule has 1 aromatic carbocycles. The second-order valence-corrected chi connectivity index (χ2v) is 7.78. The number of fused-ring (bicyclic) bond motifs is 1. The van der Waals surface area contributed by atoms with Gasteiger partial charge in [-0.25, -0.2) is 4.79 Å². The van der Waals surface area contributed by atoms with E-state index in [0.717, 1.165) is 50.1 Å². The summed E-state index contributed by atoms with van der Waals surface area (Å²) in [5, 5.41) is 11.1. The number of likely N-dealkylation sites (tertiary alicyclic amines) is 1. The zero-order valence-corrected chi connectivity index (χ0v) is 15.2. The minimum atomic E-state index is -0.863. The maximum absolute atomic E-state index is 12.2. The third-order valence-corrected chi connectivity index (χ3v) is 5.94. The maximum atomic E-state index is 12.2. The Balaban J connectivity index is 1.29. The quantitative estimate of drug-likeness (QED) is 0.787. The first-order valence-electron chi connectivity index (χ1n) is 9.78. The van der Waals surface area contributed by atoms with Gasteiger partial charge in [-0.15, -0.1) is 0 Å². The number of benzene rings is 1. The van der Waals surface area contributed by atoms with E-state index in [0.29, 0.717) is 25.1 Å². The highest BCUT2D eigenvalue weighted by Crippen LogP contribution is 2.38. The summed E-state index contributed by atoms with van der Waals surface area (Å²) in [5.74, 6) is 1.33. The van der Waals surface area contributed by atoms with E-state index in [1.165, 1.54) is 11.3 Å². The number of aliphatic hydroxyl groups is 1. The SMILES string of the molecule is O=C(C[NH+]1CCC(O)(c2ccc3c(c2)OCO3)CC1)OC1CCCCC1. The third kappa shape index (κ3) is 3.81. The molecule has 0 atom stereocenters. The van der Waals surface area contributed by atoms with Crippen molar-refractivity contribution in [1.29, 1.82) is 0 Å². The van der Waals surface area contributed by atoms with Gasteiger partial charge >= 0.3 is 5.97 Å². The van der Waals surface area contributed by atoms with Crippen LogP contribution in [0.1, 0.15) is 50.5 Å². The van der Waals surface area contributed by atoms with Crippen LogP contribution in [0.5, 0.6) is 11.5 Å². The van der Waals surface area contributed by atoms with Crippen molar-refractivity contribution in [2.75, 3.05) is 26.4 Å². The van der Waals surface area contributed by atoms with E-state index >= 15 is 0 Å². The van der Waals surface area contributed by atoms with Gasteiger partial charge in [0.2, 0.25) is 6.79 Å². The van der Waals surface area contributed by atoms with Crippen molar-refractivity contribution < 1.29 is 29.0 Å². The number of nitrogens with one attached hydrogen (secondary N) is 1. The van der Waals surface area contributed by atoms with Crippen LogP contribution in [0, 0.1) is 0 Å². The van der Waals surface area contributed by atoms with Crippen molar-refractivity contribution in [3.05, 3.63) is 23.8 Å². The number of carbonyl (C=O) groups excluding carboxylic acids is 1. The zero-order chi connectivity index (χ0) is 18.0. The summed E-state index contributed by atoms with van der Waals surface area (Å²) in [7, 11) is 0.